The summed E-state index contributed by atoms with van der Waals surface area (Å²) in [6.07, 6.45) is -5.03. The Morgan fingerprint density at radius 3 is 2.55 bits per heavy atom. The number of ether oxygens (including phenoxy) is 1. The van der Waals surface area contributed by atoms with Crippen molar-refractivity contribution in [3.8, 4) is 5.75 Å². The fourth-order valence-corrected chi connectivity index (χ4v) is 1.76. The highest BCUT2D eigenvalue weighted by atomic mass is 19.4. The van der Waals surface area contributed by atoms with Gasteiger partial charge in [0.15, 0.2) is 0 Å². The molecule has 0 aliphatic heterocycles. The molecule has 1 aromatic carbocycles. The Hall–Kier alpha value is -1.76. The van der Waals surface area contributed by atoms with E-state index in [4.69, 9.17) is 15.9 Å². The largest absolute Gasteiger partial charge is 0.496 e. The first-order valence-corrected chi connectivity index (χ1v) is 5.99. The number of nitrogen functional groups attached to an aromatic ring is 1. The molecule has 0 aromatic heterocycles. The number of benzene rings is 1. The third kappa shape index (κ3) is 5.08. The van der Waals surface area contributed by atoms with E-state index in [1.54, 1.807) is 30.1 Å². The van der Waals surface area contributed by atoms with E-state index in [9.17, 15) is 13.2 Å². The number of rotatable bonds is 6. The van der Waals surface area contributed by atoms with Crippen molar-refractivity contribution in [2.45, 2.75) is 19.1 Å². The van der Waals surface area contributed by atoms with Crippen molar-refractivity contribution in [1.29, 1.82) is 5.41 Å². The number of methoxy groups -OCH3 is 1. The van der Waals surface area contributed by atoms with Crippen molar-refractivity contribution < 1.29 is 17.9 Å². The van der Waals surface area contributed by atoms with Crippen LogP contribution < -0.4 is 10.5 Å². The van der Waals surface area contributed by atoms with Crippen LogP contribution in [0.3, 0.4) is 0 Å². The van der Waals surface area contributed by atoms with Gasteiger partial charge in [0.2, 0.25) is 0 Å². The predicted octanol–water partition coefficient (Wildman–Crippen LogP) is 2.36. The summed E-state index contributed by atoms with van der Waals surface area (Å²) >= 11 is 0. The van der Waals surface area contributed by atoms with Gasteiger partial charge in [-0.15, -0.1) is 0 Å². The van der Waals surface area contributed by atoms with Crippen LogP contribution in [0.1, 0.15) is 17.5 Å². The number of halogens is 3. The van der Waals surface area contributed by atoms with Gasteiger partial charge in [0.05, 0.1) is 13.5 Å². The maximum Gasteiger partial charge on any atom is 0.390 e. The Morgan fingerprint density at radius 2 is 2.05 bits per heavy atom. The standard InChI is InChI=1S/C13H18F3N3O/c1-19(6-5-13(14,15)16)8-10-7-9(12(17)18)3-4-11(10)20-2/h3-4,7H,5-6,8H2,1-2H3,(H3,17,18). The Kier molecular flexibility index (Phi) is 5.38. The smallest absolute Gasteiger partial charge is 0.390 e. The van der Waals surface area contributed by atoms with Crippen LogP contribution in [0, 0.1) is 5.41 Å². The van der Waals surface area contributed by atoms with Crippen LogP contribution in [0.2, 0.25) is 0 Å². The minimum Gasteiger partial charge on any atom is -0.496 e. The van der Waals surface area contributed by atoms with Gasteiger partial charge in [-0.1, -0.05) is 0 Å². The molecule has 0 unspecified atom stereocenters. The summed E-state index contributed by atoms with van der Waals surface area (Å²) in [6, 6.07) is 4.95. The lowest BCUT2D eigenvalue weighted by atomic mass is 10.1. The SMILES string of the molecule is COc1ccc(C(=N)N)cc1CN(C)CCC(F)(F)F. The number of nitrogens with one attached hydrogen (secondary N) is 1. The van der Waals surface area contributed by atoms with E-state index >= 15 is 0 Å². The minimum atomic E-state index is -4.17. The molecule has 0 amide bonds. The molecule has 3 N–H and O–H groups in total. The van der Waals surface area contributed by atoms with Crippen LogP contribution in [0.15, 0.2) is 18.2 Å². The zero-order valence-electron chi connectivity index (χ0n) is 11.4. The molecule has 0 aliphatic rings. The Morgan fingerprint density at radius 1 is 1.40 bits per heavy atom. The number of hydrogen-bond acceptors (Lipinski definition) is 3. The highest BCUT2D eigenvalue weighted by Gasteiger charge is 2.27. The van der Waals surface area contributed by atoms with Gasteiger partial charge in [-0.25, -0.2) is 0 Å². The van der Waals surface area contributed by atoms with Gasteiger partial charge in [0.1, 0.15) is 11.6 Å². The van der Waals surface area contributed by atoms with E-state index in [1.165, 1.54) is 7.11 Å². The first kappa shape index (κ1) is 16.3. The molecule has 112 valence electrons. The zero-order chi connectivity index (χ0) is 15.3. The van der Waals surface area contributed by atoms with Gasteiger partial charge >= 0.3 is 6.18 Å². The Balaban J connectivity index is 2.79. The van der Waals surface area contributed by atoms with Crippen molar-refractivity contribution in [1.82, 2.24) is 4.90 Å². The molecule has 0 saturated carbocycles. The first-order valence-electron chi connectivity index (χ1n) is 5.99. The van der Waals surface area contributed by atoms with Gasteiger partial charge in [0.25, 0.3) is 0 Å². The molecule has 0 saturated heterocycles. The lowest BCUT2D eigenvalue weighted by molar-refractivity contribution is -0.137. The summed E-state index contributed by atoms with van der Waals surface area (Å²) in [5.41, 5.74) is 6.62. The topological polar surface area (TPSA) is 62.3 Å². The third-order valence-electron chi connectivity index (χ3n) is 2.81. The molecule has 7 heteroatoms. The van der Waals surface area contributed by atoms with E-state index < -0.39 is 12.6 Å². The van der Waals surface area contributed by atoms with Gasteiger partial charge in [0, 0.05) is 24.2 Å². The summed E-state index contributed by atoms with van der Waals surface area (Å²) in [6.45, 7) is 0.192. The Bertz CT molecular complexity index is 474. The molecule has 0 heterocycles. The number of nitrogens with zero attached hydrogens (tertiary/aromatic N) is 1. The second-order valence-corrected chi connectivity index (χ2v) is 4.54. The molecule has 0 bridgehead atoms. The van der Waals surface area contributed by atoms with Gasteiger partial charge in [-0.05, 0) is 25.2 Å². The first-order chi connectivity index (χ1) is 9.23. The summed E-state index contributed by atoms with van der Waals surface area (Å²) in [5, 5.41) is 7.38. The van der Waals surface area contributed by atoms with Gasteiger partial charge < -0.3 is 15.4 Å². The molecular formula is C13H18F3N3O. The molecule has 0 radical (unpaired) electrons. The van der Waals surface area contributed by atoms with Gasteiger partial charge in [-0.2, -0.15) is 13.2 Å². The number of hydrogen-bond donors (Lipinski definition) is 2. The highest BCUT2D eigenvalue weighted by molar-refractivity contribution is 5.95. The average molecular weight is 289 g/mol. The maximum atomic E-state index is 12.2. The van der Waals surface area contributed by atoms with Crippen molar-refractivity contribution in [3.63, 3.8) is 0 Å². The second-order valence-electron chi connectivity index (χ2n) is 4.54. The van der Waals surface area contributed by atoms with Crippen LogP contribution in [0.5, 0.6) is 5.75 Å². The molecule has 0 aliphatic carbocycles. The van der Waals surface area contributed by atoms with E-state index in [0.717, 1.165) is 0 Å². The van der Waals surface area contributed by atoms with Crippen molar-refractivity contribution in [2.75, 3.05) is 20.7 Å². The van der Waals surface area contributed by atoms with Gasteiger partial charge in [-0.3, -0.25) is 5.41 Å². The molecule has 4 nitrogen and oxygen atoms in total. The van der Waals surface area contributed by atoms with E-state index in [0.29, 0.717) is 23.4 Å². The van der Waals surface area contributed by atoms with Crippen LogP contribution in [-0.4, -0.2) is 37.6 Å². The molecular weight excluding hydrogens is 271 g/mol. The predicted molar refractivity (Wildman–Crippen MR) is 71.0 cm³/mol. The number of amidine groups is 1. The summed E-state index contributed by atoms with van der Waals surface area (Å²) in [7, 11) is 3.09. The fourth-order valence-electron chi connectivity index (χ4n) is 1.76. The molecule has 1 rings (SSSR count). The van der Waals surface area contributed by atoms with Crippen molar-refractivity contribution in [3.05, 3.63) is 29.3 Å². The minimum absolute atomic E-state index is 0.0909. The van der Waals surface area contributed by atoms with Crippen molar-refractivity contribution in [2.24, 2.45) is 5.73 Å². The van der Waals surface area contributed by atoms with Crippen LogP contribution in [0.25, 0.3) is 0 Å². The second kappa shape index (κ2) is 6.60. The lowest BCUT2D eigenvalue weighted by Gasteiger charge is -2.19. The summed E-state index contributed by atoms with van der Waals surface area (Å²) < 4.78 is 41.7. The lowest BCUT2D eigenvalue weighted by Crippen LogP contribution is -2.24. The highest BCUT2D eigenvalue weighted by Crippen LogP contribution is 2.23. The molecule has 20 heavy (non-hydrogen) atoms. The van der Waals surface area contributed by atoms with E-state index in [-0.39, 0.29) is 12.4 Å². The van der Waals surface area contributed by atoms with E-state index in [1.807, 2.05) is 0 Å². The fraction of sp³-hybridized carbons (Fsp3) is 0.462. The number of nitrogens with two attached hydrogens (primary N) is 1. The summed E-state index contributed by atoms with van der Waals surface area (Å²) in [4.78, 5) is 1.55. The Labute approximate surface area is 115 Å². The zero-order valence-corrected chi connectivity index (χ0v) is 11.4. The maximum absolute atomic E-state index is 12.2. The number of alkyl halides is 3. The quantitative estimate of drug-likeness (QED) is 0.624. The van der Waals surface area contributed by atoms with Crippen LogP contribution in [-0.2, 0) is 6.54 Å². The molecule has 1 aromatic rings. The molecule has 0 atom stereocenters. The molecule has 0 spiro atoms. The van der Waals surface area contributed by atoms with Crippen LogP contribution >= 0.6 is 0 Å². The average Bonchev–Trinajstić information content (AvgIpc) is 2.35. The summed E-state index contributed by atoms with van der Waals surface area (Å²) in [5.74, 6) is 0.473. The normalized spacial score (nSPS) is 11.7. The third-order valence-corrected chi connectivity index (χ3v) is 2.81. The van der Waals surface area contributed by atoms with E-state index in [2.05, 4.69) is 0 Å². The van der Waals surface area contributed by atoms with Crippen LogP contribution in [0.4, 0.5) is 13.2 Å². The molecule has 0 fully saturated rings. The monoisotopic (exact) mass is 289 g/mol. The van der Waals surface area contributed by atoms with Crippen molar-refractivity contribution >= 4 is 5.84 Å².